The molecule has 0 spiro atoms. The fourth-order valence-corrected chi connectivity index (χ4v) is 1.62. The molecule has 0 saturated heterocycles. The maximum absolute atomic E-state index is 11.4. The molecule has 1 aromatic rings. The maximum Gasteiger partial charge on any atom is 0.407 e. The lowest BCUT2D eigenvalue weighted by molar-refractivity contribution is 0.0729. The fraction of sp³-hybridized carbons (Fsp3) is 0.533. The summed E-state index contributed by atoms with van der Waals surface area (Å²) in [5.41, 5.74) is 2.35. The van der Waals surface area contributed by atoms with Gasteiger partial charge in [0.05, 0.1) is 6.61 Å². The van der Waals surface area contributed by atoms with Gasteiger partial charge in [0, 0.05) is 13.2 Å². The van der Waals surface area contributed by atoms with Gasteiger partial charge in [0.2, 0.25) is 0 Å². The Hall–Kier alpha value is -1.55. The smallest absolute Gasteiger partial charge is 0.407 e. The molecule has 0 bridgehead atoms. The lowest BCUT2D eigenvalue weighted by atomic mass is 10.1. The predicted molar refractivity (Wildman–Crippen MR) is 75.1 cm³/mol. The van der Waals surface area contributed by atoms with Crippen LogP contribution in [0.1, 0.15) is 31.4 Å². The van der Waals surface area contributed by atoms with Gasteiger partial charge >= 0.3 is 6.09 Å². The Morgan fingerprint density at radius 2 is 1.95 bits per heavy atom. The van der Waals surface area contributed by atoms with Crippen LogP contribution in [0.3, 0.4) is 0 Å². The van der Waals surface area contributed by atoms with Crippen molar-refractivity contribution in [3.63, 3.8) is 0 Å². The molecule has 0 atom stereocenters. The van der Waals surface area contributed by atoms with E-state index in [0.717, 1.165) is 18.4 Å². The van der Waals surface area contributed by atoms with Crippen LogP contribution in [0.2, 0.25) is 0 Å². The Balaban J connectivity index is 2.18. The zero-order chi connectivity index (χ0) is 13.9. The Kier molecular flexibility index (Phi) is 7.66. The summed E-state index contributed by atoms with van der Waals surface area (Å²) < 4.78 is 10.2. The number of benzene rings is 1. The van der Waals surface area contributed by atoms with Crippen LogP contribution in [0.4, 0.5) is 4.79 Å². The number of hydrogen-bond donors (Lipinski definition) is 1. The van der Waals surface area contributed by atoms with Gasteiger partial charge in [-0.3, -0.25) is 0 Å². The molecule has 19 heavy (non-hydrogen) atoms. The number of amides is 1. The summed E-state index contributed by atoms with van der Waals surface area (Å²) in [7, 11) is 0. The van der Waals surface area contributed by atoms with Gasteiger partial charge < -0.3 is 14.8 Å². The Labute approximate surface area is 115 Å². The number of nitrogens with one attached hydrogen (secondary N) is 1. The average molecular weight is 265 g/mol. The third kappa shape index (κ3) is 6.82. The monoisotopic (exact) mass is 265 g/mol. The second kappa shape index (κ2) is 9.39. The lowest BCUT2D eigenvalue weighted by Crippen LogP contribution is -2.25. The van der Waals surface area contributed by atoms with E-state index in [0.29, 0.717) is 26.4 Å². The van der Waals surface area contributed by atoms with Gasteiger partial charge in [-0.05, 0) is 24.0 Å². The molecular formula is C15H23NO3. The number of aryl methyl sites for hydroxylation is 1. The molecule has 0 heterocycles. The van der Waals surface area contributed by atoms with Gasteiger partial charge in [0.1, 0.15) is 6.61 Å². The van der Waals surface area contributed by atoms with Crippen molar-refractivity contribution in [2.45, 2.75) is 33.2 Å². The van der Waals surface area contributed by atoms with Crippen LogP contribution in [-0.4, -0.2) is 25.9 Å². The van der Waals surface area contributed by atoms with Crippen LogP contribution in [0.5, 0.6) is 0 Å². The maximum atomic E-state index is 11.4. The van der Waals surface area contributed by atoms with E-state index in [4.69, 9.17) is 9.47 Å². The first-order chi connectivity index (χ1) is 9.26. The summed E-state index contributed by atoms with van der Waals surface area (Å²) in [5, 5.41) is 2.72. The van der Waals surface area contributed by atoms with Crippen molar-refractivity contribution in [3.8, 4) is 0 Å². The van der Waals surface area contributed by atoms with Crippen LogP contribution in [-0.2, 0) is 22.4 Å². The van der Waals surface area contributed by atoms with Crippen molar-refractivity contribution in [1.29, 1.82) is 0 Å². The van der Waals surface area contributed by atoms with Gasteiger partial charge in [0.25, 0.3) is 0 Å². The highest BCUT2D eigenvalue weighted by Gasteiger charge is 2.02. The quantitative estimate of drug-likeness (QED) is 0.735. The lowest BCUT2D eigenvalue weighted by Gasteiger charge is -2.08. The zero-order valence-corrected chi connectivity index (χ0v) is 11.8. The number of hydrogen-bond acceptors (Lipinski definition) is 3. The summed E-state index contributed by atoms with van der Waals surface area (Å²) in [6.45, 7) is 6.08. The van der Waals surface area contributed by atoms with E-state index < -0.39 is 6.09 Å². The molecule has 0 aromatic heterocycles. The average Bonchev–Trinajstić information content (AvgIpc) is 2.45. The highest BCUT2D eigenvalue weighted by atomic mass is 16.6. The first kappa shape index (κ1) is 15.5. The Morgan fingerprint density at radius 3 is 2.68 bits per heavy atom. The number of alkyl carbamates (subject to hydrolysis) is 1. The molecule has 0 fully saturated rings. The molecule has 1 rings (SSSR count). The molecule has 4 nitrogen and oxygen atoms in total. The van der Waals surface area contributed by atoms with Crippen LogP contribution < -0.4 is 5.32 Å². The van der Waals surface area contributed by atoms with Crippen molar-refractivity contribution in [2.75, 3.05) is 19.8 Å². The normalized spacial score (nSPS) is 10.2. The van der Waals surface area contributed by atoms with E-state index in [1.54, 1.807) is 0 Å². The van der Waals surface area contributed by atoms with Crippen LogP contribution >= 0.6 is 0 Å². The molecule has 106 valence electrons. The van der Waals surface area contributed by atoms with Crippen LogP contribution in [0.25, 0.3) is 0 Å². The Morgan fingerprint density at radius 1 is 1.16 bits per heavy atom. The minimum atomic E-state index is -0.401. The fourth-order valence-electron chi connectivity index (χ4n) is 1.62. The second-order valence-corrected chi connectivity index (χ2v) is 4.28. The topological polar surface area (TPSA) is 47.6 Å². The van der Waals surface area contributed by atoms with Gasteiger partial charge in [-0.15, -0.1) is 0 Å². The molecule has 0 radical (unpaired) electrons. The first-order valence-corrected chi connectivity index (χ1v) is 6.82. The second-order valence-electron chi connectivity index (χ2n) is 4.28. The van der Waals surface area contributed by atoms with Gasteiger partial charge in [-0.1, -0.05) is 38.1 Å². The summed E-state index contributed by atoms with van der Waals surface area (Å²) in [4.78, 5) is 11.4. The molecule has 4 heteroatoms. The minimum absolute atomic E-state index is 0.292. The van der Waals surface area contributed by atoms with E-state index in [9.17, 15) is 4.79 Å². The summed E-state index contributed by atoms with van der Waals surface area (Å²) >= 11 is 0. The van der Waals surface area contributed by atoms with Gasteiger partial charge in [-0.25, -0.2) is 4.79 Å². The molecule has 1 aromatic carbocycles. The van der Waals surface area contributed by atoms with E-state index >= 15 is 0 Å². The van der Waals surface area contributed by atoms with Crippen LogP contribution in [0.15, 0.2) is 24.3 Å². The van der Waals surface area contributed by atoms with Crippen molar-refractivity contribution in [3.05, 3.63) is 35.4 Å². The number of rotatable bonds is 8. The molecule has 0 saturated carbocycles. The van der Waals surface area contributed by atoms with Crippen LogP contribution in [0, 0.1) is 0 Å². The summed E-state index contributed by atoms with van der Waals surface area (Å²) in [6, 6.07) is 8.15. The number of ether oxygens (including phenoxy) is 2. The minimum Gasteiger partial charge on any atom is -0.447 e. The van der Waals surface area contributed by atoms with E-state index in [1.165, 1.54) is 5.56 Å². The van der Waals surface area contributed by atoms with E-state index in [1.807, 2.05) is 19.1 Å². The van der Waals surface area contributed by atoms with Crippen molar-refractivity contribution >= 4 is 6.09 Å². The molecule has 1 amide bonds. The largest absolute Gasteiger partial charge is 0.447 e. The van der Waals surface area contributed by atoms with Gasteiger partial charge in [-0.2, -0.15) is 0 Å². The highest BCUT2D eigenvalue weighted by Crippen LogP contribution is 2.05. The third-order valence-corrected chi connectivity index (χ3v) is 2.65. The highest BCUT2D eigenvalue weighted by molar-refractivity contribution is 5.67. The van der Waals surface area contributed by atoms with E-state index in [2.05, 4.69) is 24.4 Å². The molecule has 1 N–H and O–H groups in total. The van der Waals surface area contributed by atoms with E-state index in [-0.39, 0.29) is 0 Å². The predicted octanol–water partition coefficient (Wildman–Crippen LogP) is 2.90. The summed E-state index contributed by atoms with van der Waals surface area (Å²) in [6.07, 6.45) is 1.56. The molecule has 0 unspecified atom stereocenters. The SMILES string of the molecule is CCCOCCOC(=O)NCc1cccc(CC)c1. The molecule has 0 aliphatic rings. The third-order valence-electron chi connectivity index (χ3n) is 2.65. The van der Waals surface area contributed by atoms with Crippen molar-refractivity contribution in [1.82, 2.24) is 5.32 Å². The zero-order valence-electron chi connectivity index (χ0n) is 11.8. The standard InChI is InChI=1S/C15H23NO3/c1-3-8-18-9-10-19-15(17)16-12-14-7-5-6-13(4-2)11-14/h5-7,11H,3-4,8-10,12H2,1-2H3,(H,16,17). The molecular weight excluding hydrogens is 242 g/mol. The number of carbonyl (C=O) groups excluding carboxylic acids is 1. The Bertz CT molecular complexity index is 379. The van der Waals surface area contributed by atoms with Gasteiger partial charge in [0.15, 0.2) is 0 Å². The van der Waals surface area contributed by atoms with Crippen molar-refractivity contribution in [2.24, 2.45) is 0 Å². The van der Waals surface area contributed by atoms with Crippen molar-refractivity contribution < 1.29 is 14.3 Å². The summed E-state index contributed by atoms with van der Waals surface area (Å²) in [5.74, 6) is 0. The first-order valence-electron chi connectivity index (χ1n) is 6.82. The molecule has 0 aliphatic carbocycles. The molecule has 0 aliphatic heterocycles. The number of carbonyl (C=O) groups is 1.